The highest BCUT2D eigenvalue weighted by atomic mass is 32.1. The van der Waals surface area contributed by atoms with E-state index >= 15 is 0 Å². The summed E-state index contributed by atoms with van der Waals surface area (Å²) in [6.45, 7) is 5.52. The number of anilines is 2. The van der Waals surface area contributed by atoms with E-state index in [0.717, 1.165) is 13.0 Å². The molecular weight excluding hydrogens is 378 g/mol. The normalized spacial score (nSPS) is 11.5. The van der Waals surface area contributed by atoms with E-state index in [1.54, 1.807) is 24.3 Å². The molecule has 1 rings (SSSR count). The number of nitrogens with zero attached hydrogens (tertiary/aromatic N) is 1. The summed E-state index contributed by atoms with van der Waals surface area (Å²) < 4.78 is 0. The number of thiocarbonyl (C=S) groups is 1. The number of nitrogens with one attached hydrogen (secondary N) is 4. The van der Waals surface area contributed by atoms with Gasteiger partial charge in [-0.15, -0.1) is 6.58 Å². The van der Waals surface area contributed by atoms with Gasteiger partial charge in [-0.2, -0.15) is 0 Å². The molecule has 0 aromatic heterocycles. The second kappa shape index (κ2) is 12.8. The molecule has 0 bridgehead atoms. The van der Waals surface area contributed by atoms with Crippen LogP contribution in [-0.2, 0) is 9.59 Å². The summed E-state index contributed by atoms with van der Waals surface area (Å²) >= 11 is 5.15. The van der Waals surface area contributed by atoms with Crippen molar-refractivity contribution in [3.63, 3.8) is 0 Å². The van der Waals surface area contributed by atoms with Crippen LogP contribution in [0.3, 0.4) is 0 Å². The average molecular weight is 408 g/mol. The maximum Gasteiger partial charge on any atom is 0.321 e. The zero-order valence-electron chi connectivity index (χ0n) is 16.3. The maximum absolute atomic E-state index is 12.3. The van der Waals surface area contributed by atoms with E-state index in [-0.39, 0.29) is 12.3 Å². The van der Waals surface area contributed by atoms with E-state index in [9.17, 15) is 14.7 Å². The van der Waals surface area contributed by atoms with Crippen LogP contribution in [0.2, 0.25) is 0 Å². The summed E-state index contributed by atoms with van der Waals surface area (Å²) in [4.78, 5) is 25.7. The zero-order chi connectivity index (χ0) is 20.9. The van der Waals surface area contributed by atoms with Crippen molar-refractivity contribution in [1.29, 1.82) is 0 Å². The topological polar surface area (TPSA) is 106 Å². The Morgan fingerprint density at radius 3 is 2.57 bits per heavy atom. The molecule has 0 radical (unpaired) electrons. The third-order valence-corrected chi connectivity index (χ3v) is 3.92. The van der Waals surface area contributed by atoms with Crippen molar-refractivity contribution in [3.05, 3.63) is 36.9 Å². The molecule has 28 heavy (non-hydrogen) atoms. The molecule has 154 valence electrons. The number of carbonyl (C=O) groups excluding carboxylic acids is 1. The van der Waals surface area contributed by atoms with Gasteiger partial charge in [0.1, 0.15) is 6.04 Å². The summed E-state index contributed by atoms with van der Waals surface area (Å²) in [6, 6.07) is 6.09. The van der Waals surface area contributed by atoms with Crippen molar-refractivity contribution in [2.75, 3.05) is 44.4 Å². The maximum atomic E-state index is 12.3. The van der Waals surface area contributed by atoms with Gasteiger partial charge in [-0.3, -0.25) is 9.59 Å². The van der Waals surface area contributed by atoms with Gasteiger partial charge in [0.05, 0.1) is 6.42 Å². The second-order valence-electron chi connectivity index (χ2n) is 6.46. The van der Waals surface area contributed by atoms with Crippen molar-refractivity contribution < 1.29 is 14.7 Å². The number of rotatable bonds is 12. The molecule has 0 spiro atoms. The summed E-state index contributed by atoms with van der Waals surface area (Å²) in [6.07, 6.45) is 2.33. The van der Waals surface area contributed by atoms with Crippen molar-refractivity contribution in [1.82, 2.24) is 15.5 Å². The molecule has 1 aromatic carbocycles. The van der Waals surface area contributed by atoms with E-state index in [4.69, 9.17) is 12.2 Å². The number of carbonyl (C=O) groups is 2. The van der Waals surface area contributed by atoms with Gasteiger partial charge in [0.25, 0.3) is 0 Å². The highest BCUT2D eigenvalue weighted by Gasteiger charge is 2.20. The van der Waals surface area contributed by atoms with E-state index in [0.29, 0.717) is 29.6 Å². The number of benzene rings is 1. The van der Waals surface area contributed by atoms with Crippen molar-refractivity contribution in [2.45, 2.75) is 18.9 Å². The highest BCUT2D eigenvalue weighted by Crippen LogP contribution is 2.15. The van der Waals surface area contributed by atoms with Crippen LogP contribution in [0, 0.1) is 0 Å². The van der Waals surface area contributed by atoms with E-state index in [1.807, 2.05) is 25.1 Å². The molecule has 0 saturated heterocycles. The van der Waals surface area contributed by atoms with Gasteiger partial charge in [0.2, 0.25) is 5.91 Å². The Balaban J connectivity index is 2.55. The molecule has 1 atom stereocenters. The molecule has 0 unspecified atom stereocenters. The number of hydrogen-bond acceptors (Lipinski definition) is 5. The minimum atomic E-state index is -1.05. The van der Waals surface area contributed by atoms with Gasteiger partial charge in [0.15, 0.2) is 5.11 Å². The van der Waals surface area contributed by atoms with Crippen LogP contribution in [0.5, 0.6) is 0 Å². The van der Waals surface area contributed by atoms with Gasteiger partial charge in [0, 0.05) is 17.9 Å². The second-order valence-corrected chi connectivity index (χ2v) is 6.87. The van der Waals surface area contributed by atoms with E-state index < -0.39 is 12.0 Å². The quantitative estimate of drug-likeness (QED) is 0.202. The van der Waals surface area contributed by atoms with Crippen molar-refractivity contribution >= 4 is 40.6 Å². The standard InChI is InChI=1S/C19H29N5O3S/c1-4-9-21-19(28)23-15-8-5-7-14(12-15)22-17(25)13-16(18(26)27)20-10-6-11-24(2)3/h4-5,7-8,12,16,20H,1,6,9-11,13H2,2-3H3,(H,22,25)(H,26,27)(H2,21,23,28)/t16-/m1/s1. The molecule has 5 N–H and O–H groups in total. The number of hydrogen-bond donors (Lipinski definition) is 5. The number of amides is 1. The van der Waals surface area contributed by atoms with Gasteiger partial charge in [-0.25, -0.2) is 0 Å². The van der Waals surface area contributed by atoms with Crippen LogP contribution in [0.4, 0.5) is 11.4 Å². The molecule has 0 heterocycles. The van der Waals surface area contributed by atoms with Crippen LogP contribution >= 0.6 is 12.2 Å². The molecule has 8 nitrogen and oxygen atoms in total. The predicted molar refractivity (Wildman–Crippen MR) is 117 cm³/mol. The molecule has 1 aromatic rings. The predicted octanol–water partition coefficient (Wildman–Crippen LogP) is 1.48. The van der Waals surface area contributed by atoms with Gasteiger partial charge < -0.3 is 31.3 Å². The number of carboxylic acid groups (broad SMARTS) is 1. The largest absolute Gasteiger partial charge is 0.480 e. The molecule has 0 fully saturated rings. The molecule has 0 aliphatic rings. The molecule has 0 aliphatic heterocycles. The van der Waals surface area contributed by atoms with Crippen molar-refractivity contribution in [3.8, 4) is 0 Å². The van der Waals surface area contributed by atoms with E-state index in [2.05, 4.69) is 27.8 Å². The first kappa shape index (κ1) is 23.5. The van der Waals surface area contributed by atoms with Crippen LogP contribution < -0.4 is 21.3 Å². The minimum absolute atomic E-state index is 0.158. The summed E-state index contributed by atoms with van der Waals surface area (Å²) in [5.41, 5.74) is 1.26. The number of aliphatic carboxylic acids is 1. The lowest BCUT2D eigenvalue weighted by Gasteiger charge is -2.16. The molecule has 0 aliphatic carbocycles. The Morgan fingerprint density at radius 2 is 1.96 bits per heavy atom. The first-order valence-electron chi connectivity index (χ1n) is 8.98. The Labute approximate surface area is 171 Å². The third-order valence-electron chi connectivity index (χ3n) is 3.67. The molecule has 9 heteroatoms. The van der Waals surface area contributed by atoms with Gasteiger partial charge >= 0.3 is 5.97 Å². The Kier molecular flexibility index (Phi) is 10.8. The zero-order valence-corrected chi connectivity index (χ0v) is 17.1. The first-order chi connectivity index (χ1) is 13.3. The average Bonchev–Trinajstić information content (AvgIpc) is 2.62. The highest BCUT2D eigenvalue weighted by molar-refractivity contribution is 7.80. The Bertz CT molecular complexity index is 681. The fourth-order valence-corrected chi connectivity index (χ4v) is 2.53. The molecular formula is C19H29N5O3S. The Morgan fingerprint density at radius 1 is 1.29 bits per heavy atom. The molecule has 0 saturated carbocycles. The molecule has 1 amide bonds. The smallest absolute Gasteiger partial charge is 0.321 e. The number of carboxylic acids is 1. The summed E-state index contributed by atoms with van der Waals surface area (Å²) in [5, 5.41) is 21.4. The van der Waals surface area contributed by atoms with E-state index in [1.165, 1.54) is 0 Å². The lowest BCUT2D eigenvalue weighted by atomic mass is 10.2. The van der Waals surface area contributed by atoms with Crippen LogP contribution in [-0.4, -0.2) is 66.8 Å². The van der Waals surface area contributed by atoms with Crippen LogP contribution in [0.1, 0.15) is 12.8 Å². The van der Waals surface area contributed by atoms with Gasteiger partial charge in [-0.1, -0.05) is 12.1 Å². The van der Waals surface area contributed by atoms with Crippen molar-refractivity contribution in [2.24, 2.45) is 0 Å². The third kappa shape index (κ3) is 10.0. The summed E-state index contributed by atoms with van der Waals surface area (Å²) in [5.74, 6) is -1.42. The van der Waals surface area contributed by atoms with Gasteiger partial charge in [-0.05, 0) is 64.0 Å². The van der Waals surface area contributed by atoms with Crippen LogP contribution in [0.15, 0.2) is 36.9 Å². The minimum Gasteiger partial charge on any atom is -0.480 e. The Hall–Kier alpha value is -2.49. The van der Waals surface area contributed by atoms with Crippen LogP contribution in [0.25, 0.3) is 0 Å². The first-order valence-corrected chi connectivity index (χ1v) is 9.39. The lowest BCUT2D eigenvalue weighted by Crippen LogP contribution is -2.40. The fraction of sp³-hybridized carbons (Fsp3) is 0.421. The summed E-state index contributed by atoms with van der Waals surface area (Å²) in [7, 11) is 3.90. The monoisotopic (exact) mass is 407 g/mol. The lowest BCUT2D eigenvalue weighted by molar-refractivity contribution is -0.141. The SMILES string of the molecule is C=CCNC(=S)Nc1cccc(NC(=O)C[C@@H](NCCCN(C)C)C(=O)O)c1. The fourth-order valence-electron chi connectivity index (χ4n) is 2.33.